The summed E-state index contributed by atoms with van der Waals surface area (Å²) in [4.78, 5) is 6.68. The summed E-state index contributed by atoms with van der Waals surface area (Å²) in [5.74, 6) is 0.526. The van der Waals surface area contributed by atoms with Crippen LogP contribution in [0.2, 0.25) is 5.02 Å². The van der Waals surface area contributed by atoms with Gasteiger partial charge in [-0.2, -0.15) is 0 Å². The standard InChI is InChI=1S/C19H27ClN4O/c1-13-4-3-5-15(16(13)20)17(21)14(2)23-18(22)24-9-6-19(7-10-24)8-11-25-12-19/h3-5H,6-12,21H2,1-2H3,(H2,22,23)/b17-14-. The van der Waals surface area contributed by atoms with Crippen LogP contribution in [0.4, 0.5) is 0 Å². The van der Waals surface area contributed by atoms with E-state index in [-0.39, 0.29) is 0 Å². The predicted molar refractivity (Wildman–Crippen MR) is 103 cm³/mol. The number of aryl methyl sites for hydroxylation is 1. The lowest BCUT2D eigenvalue weighted by Crippen LogP contribution is -2.46. The largest absolute Gasteiger partial charge is 0.397 e. The molecule has 3 rings (SSSR count). The number of hydrogen-bond donors (Lipinski definition) is 2. The van der Waals surface area contributed by atoms with E-state index in [0.717, 1.165) is 56.7 Å². The van der Waals surface area contributed by atoms with Crippen LogP contribution >= 0.6 is 11.6 Å². The van der Waals surface area contributed by atoms with E-state index in [1.165, 1.54) is 0 Å². The van der Waals surface area contributed by atoms with Gasteiger partial charge < -0.3 is 21.1 Å². The summed E-state index contributed by atoms with van der Waals surface area (Å²) < 4.78 is 5.58. The lowest BCUT2D eigenvalue weighted by Gasteiger charge is -2.38. The van der Waals surface area contributed by atoms with E-state index in [9.17, 15) is 0 Å². The van der Waals surface area contributed by atoms with E-state index < -0.39 is 0 Å². The summed E-state index contributed by atoms with van der Waals surface area (Å²) in [5, 5.41) is 0.661. The van der Waals surface area contributed by atoms with Crippen LogP contribution in [-0.2, 0) is 4.74 Å². The molecule has 5 nitrogen and oxygen atoms in total. The molecule has 1 spiro atoms. The summed E-state index contributed by atoms with van der Waals surface area (Å²) in [7, 11) is 0. The molecule has 2 aliphatic rings. The molecule has 2 aliphatic heterocycles. The number of nitrogens with two attached hydrogens (primary N) is 2. The maximum atomic E-state index is 6.37. The molecule has 2 heterocycles. The molecule has 1 aromatic rings. The number of rotatable bonds is 2. The third kappa shape index (κ3) is 3.77. The van der Waals surface area contributed by atoms with Gasteiger partial charge in [-0.25, -0.2) is 4.99 Å². The highest BCUT2D eigenvalue weighted by Crippen LogP contribution is 2.39. The van der Waals surface area contributed by atoms with Gasteiger partial charge in [0.05, 0.1) is 23.0 Å². The average Bonchev–Trinajstić information content (AvgIpc) is 3.05. The molecule has 0 aromatic heterocycles. The molecule has 0 radical (unpaired) electrons. The van der Waals surface area contributed by atoms with Crippen molar-refractivity contribution in [2.45, 2.75) is 33.1 Å². The van der Waals surface area contributed by atoms with Crippen molar-refractivity contribution in [3.05, 3.63) is 40.0 Å². The highest BCUT2D eigenvalue weighted by molar-refractivity contribution is 6.33. The summed E-state index contributed by atoms with van der Waals surface area (Å²) in [6, 6.07) is 5.81. The molecular formula is C19H27ClN4O. The zero-order chi connectivity index (χ0) is 18.0. The second-order valence-corrected chi connectivity index (χ2v) is 7.57. The van der Waals surface area contributed by atoms with Crippen molar-refractivity contribution in [3.63, 3.8) is 0 Å². The molecule has 0 unspecified atom stereocenters. The molecule has 1 aromatic carbocycles. The van der Waals surface area contributed by atoms with Crippen molar-refractivity contribution >= 4 is 23.3 Å². The molecule has 0 saturated carbocycles. The van der Waals surface area contributed by atoms with Gasteiger partial charge >= 0.3 is 0 Å². The highest BCUT2D eigenvalue weighted by Gasteiger charge is 2.38. The SMILES string of the molecule is C/C(N=C(N)N1CCC2(CCOC2)CC1)=C(/N)c1cccc(C)c1Cl. The van der Waals surface area contributed by atoms with Gasteiger partial charge in [0.15, 0.2) is 5.96 Å². The van der Waals surface area contributed by atoms with Gasteiger partial charge in [-0.05, 0) is 44.1 Å². The van der Waals surface area contributed by atoms with Crippen LogP contribution in [0.25, 0.3) is 5.70 Å². The first-order valence-corrected chi connectivity index (χ1v) is 9.18. The number of allylic oxidation sites excluding steroid dienone is 1. The van der Waals surface area contributed by atoms with Gasteiger partial charge in [-0.1, -0.05) is 29.8 Å². The van der Waals surface area contributed by atoms with Crippen LogP contribution in [0.5, 0.6) is 0 Å². The molecule has 136 valence electrons. The Morgan fingerprint density at radius 1 is 1.24 bits per heavy atom. The number of hydrogen-bond acceptors (Lipinski definition) is 3. The highest BCUT2D eigenvalue weighted by atomic mass is 35.5. The molecule has 0 atom stereocenters. The van der Waals surface area contributed by atoms with E-state index in [4.69, 9.17) is 27.8 Å². The summed E-state index contributed by atoms with van der Waals surface area (Å²) >= 11 is 6.37. The maximum absolute atomic E-state index is 6.37. The molecule has 25 heavy (non-hydrogen) atoms. The van der Waals surface area contributed by atoms with E-state index in [0.29, 0.717) is 27.8 Å². The smallest absolute Gasteiger partial charge is 0.196 e. The Morgan fingerprint density at radius 2 is 1.96 bits per heavy atom. The zero-order valence-corrected chi connectivity index (χ0v) is 15.8. The van der Waals surface area contributed by atoms with Gasteiger partial charge in [0.2, 0.25) is 0 Å². The number of likely N-dealkylation sites (tertiary alicyclic amines) is 1. The monoisotopic (exact) mass is 362 g/mol. The number of benzene rings is 1. The summed E-state index contributed by atoms with van der Waals surface area (Å²) in [6.45, 7) is 7.43. The second-order valence-electron chi connectivity index (χ2n) is 7.20. The average molecular weight is 363 g/mol. The van der Waals surface area contributed by atoms with Crippen molar-refractivity contribution in [1.82, 2.24) is 4.90 Å². The minimum atomic E-state index is 0.357. The van der Waals surface area contributed by atoms with Gasteiger partial charge in [-0.3, -0.25) is 0 Å². The Morgan fingerprint density at radius 3 is 2.60 bits per heavy atom. The Hall–Kier alpha value is -1.72. The first-order chi connectivity index (χ1) is 11.9. The Bertz CT molecular complexity index is 697. The fourth-order valence-electron chi connectivity index (χ4n) is 3.61. The fourth-order valence-corrected chi connectivity index (χ4v) is 3.83. The van der Waals surface area contributed by atoms with Crippen LogP contribution in [-0.4, -0.2) is 37.2 Å². The van der Waals surface area contributed by atoms with E-state index in [2.05, 4.69) is 9.89 Å². The van der Waals surface area contributed by atoms with Crippen LogP contribution < -0.4 is 11.5 Å². The van der Waals surface area contributed by atoms with E-state index in [1.807, 2.05) is 32.0 Å². The third-order valence-corrected chi connectivity index (χ3v) is 5.99. The molecule has 0 amide bonds. The minimum Gasteiger partial charge on any atom is -0.397 e. The van der Waals surface area contributed by atoms with Crippen LogP contribution in [0.1, 0.15) is 37.3 Å². The number of aliphatic imine (C=N–C) groups is 1. The van der Waals surface area contributed by atoms with Gasteiger partial charge in [-0.15, -0.1) is 0 Å². The number of piperidine rings is 1. The summed E-state index contributed by atoms with van der Waals surface area (Å²) in [5.41, 5.74) is 15.9. The van der Waals surface area contributed by atoms with Crippen molar-refractivity contribution in [2.24, 2.45) is 21.9 Å². The molecule has 2 saturated heterocycles. The topological polar surface area (TPSA) is 76.9 Å². The van der Waals surface area contributed by atoms with Gasteiger partial charge in [0.1, 0.15) is 0 Å². The van der Waals surface area contributed by atoms with Crippen LogP contribution in [0.3, 0.4) is 0 Å². The van der Waals surface area contributed by atoms with Crippen molar-refractivity contribution in [1.29, 1.82) is 0 Å². The van der Waals surface area contributed by atoms with Gasteiger partial charge in [0, 0.05) is 25.3 Å². The number of ether oxygens (including phenoxy) is 1. The fraction of sp³-hybridized carbons (Fsp3) is 0.526. The molecular weight excluding hydrogens is 336 g/mol. The summed E-state index contributed by atoms with van der Waals surface area (Å²) in [6.07, 6.45) is 3.37. The Labute approximate surface area is 154 Å². The number of nitrogens with zero attached hydrogens (tertiary/aromatic N) is 2. The van der Waals surface area contributed by atoms with Crippen molar-refractivity contribution in [3.8, 4) is 0 Å². The third-order valence-electron chi connectivity index (χ3n) is 5.49. The zero-order valence-electron chi connectivity index (χ0n) is 15.0. The number of guanidine groups is 1. The van der Waals surface area contributed by atoms with Crippen molar-refractivity contribution < 1.29 is 4.74 Å². The lowest BCUT2D eigenvalue weighted by molar-refractivity contribution is 0.105. The molecule has 0 aliphatic carbocycles. The molecule has 0 bridgehead atoms. The van der Waals surface area contributed by atoms with E-state index in [1.54, 1.807) is 0 Å². The maximum Gasteiger partial charge on any atom is 0.196 e. The molecule has 4 N–H and O–H groups in total. The molecule has 6 heteroatoms. The predicted octanol–water partition coefficient (Wildman–Crippen LogP) is 3.11. The lowest BCUT2D eigenvalue weighted by atomic mass is 9.78. The first kappa shape index (κ1) is 18.1. The quantitative estimate of drug-likeness (QED) is 0.626. The van der Waals surface area contributed by atoms with E-state index >= 15 is 0 Å². The number of halogens is 1. The normalized spacial score (nSPS) is 21.6. The minimum absolute atomic E-state index is 0.357. The van der Waals surface area contributed by atoms with Crippen molar-refractivity contribution in [2.75, 3.05) is 26.3 Å². The van der Waals surface area contributed by atoms with Crippen LogP contribution in [0.15, 0.2) is 28.9 Å². The first-order valence-electron chi connectivity index (χ1n) is 8.81. The van der Waals surface area contributed by atoms with Gasteiger partial charge in [0.25, 0.3) is 0 Å². The molecule has 2 fully saturated rings. The Balaban J connectivity index is 1.74. The Kier molecular flexibility index (Phi) is 5.25. The second kappa shape index (κ2) is 7.26. The van der Waals surface area contributed by atoms with Crippen LogP contribution in [0, 0.1) is 12.3 Å².